The van der Waals surface area contributed by atoms with Gasteiger partial charge in [-0.1, -0.05) is 72.3 Å². The smallest absolute Gasteiger partial charge is 0.232 e. The van der Waals surface area contributed by atoms with Gasteiger partial charge in [0.2, 0.25) is 5.71 Å². The third-order valence-corrected chi connectivity index (χ3v) is 5.60. The summed E-state index contributed by atoms with van der Waals surface area (Å²) in [5.74, 6) is 1.99. The van der Waals surface area contributed by atoms with Crippen molar-refractivity contribution in [2.45, 2.75) is 6.61 Å². The largest absolute Gasteiger partial charge is 0.486 e. The van der Waals surface area contributed by atoms with Crippen LogP contribution in [0.2, 0.25) is 5.02 Å². The Balaban J connectivity index is 1.50. The van der Waals surface area contributed by atoms with E-state index < -0.39 is 0 Å². The molecule has 7 heteroatoms. The summed E-state index contributed by atoms with van der Waals surface area (Å²) >= 11 is 5.95. The van der Waals surface area contributed by atoms with Gasteiger partial charge in [-0.2, -0.15) is 0 Å². The molecule has 0 amide bonds. The van der Waals surface area contributed by atoms with Gasteiger partial charge in [-0.05, 0) is 29.8 Å². The lowest BCUT2D eigenvalue weighted by molar-refractivity contribution is 0.296. The average Bonchev–Trinajstić information content (AvgIpc) is 3.46. The summed E-state index contributed by atoms with van der Waals surface area (Å²) < 4.78 is 13.8. The van der Waals surface area contributed by atoms with E-state index in [2.05, 4.69) is 22.2 Å². The first-order chi connectivity index (χ1) is 16.3. The predicted molar refractivity (Wildman–Crippen MR) is 127 cm³/mol. The zero-order valence-corrected chi connectivity index (χ0v) is 18.1. The fraction of sp³-hybridized carbons (Fsp3) is 0.0385. The predicted octanol–water partition coefficient (Wildman–Crippen LogP) is 6.44. The first-order valence-electron chi connectivity index (χ1n) is 10.4. The van der Waals surface area contributed by atoms with Crippen molar-refractivity contribution in [3.63, 3.8) is 0 Å². The van der Waals surface area contributed by atoms with E-state index in [0.717, 1.165) is 27.8 Å². The first-order valence-corrected chi connectivity index (χ1v) is 10.8. The second kappa shape index (κ2) is 8.07. The topological polar surface area (TPSA) is 65.5 Å². The second-order valence-corrected chi connectivity index (χ2v) is 7.94. The minimum absolute atomic E-state index is 0.217. The number of ether oxygens (including phenoxy) is 1. The molecule has 160 valence electrons. The summed E-state index contributed by atoms with van der Waals surface area (Å²) in [6.07, 6.45) is 1.61. The summed E-state index contributed by atoms with van der Waals surface area (Å²) in [6, 6.07) is 27.3. The quantitative estimate of drug-likeness (QED) is 0.301. The normalized spacial score (nSPS) is 11.3. The number of hydrogen-bond acceptors (Lipinski definition) is 5. The molecular weight excluding hydrogens is 436 g/mol. The number of nitrogens with zero attached hydrogens (tertiary/aromatic N) is 4. The molecule has 0 N–H and O–H groups in total. The number of hydrogen-bond donors (Lipinski definition) is 0. The molecule has 0 aliphatic heterocycles. The van der Waals surface area contributed by atoms with Crippen molar-refractivity contribution in [3.05, 3.63) is 102 Å². The molecule has 0 atom stereocenters. The Morgan fingerprint density at radius 2 is 1.55 bits per heavy atom. The lowest BCUT2D eigenvalue weighted by atomic mass is 9.99. The van der Waals surface area contributed by atoms with Crippen LogP contribution in [0.1, 0.15) is 5.82 Å². The highest BCUT2D eigenvalue weighted by atomic mass is 35.5. The maximum Gasteiger partial charge on any atom is 0.232 e. The van der Waals surface area contributed by atoms with Gasteiger partial charge in [0, 0.05) is 16.1 Å². The highest BCUT2D eigenvalue weighted by Gasteiger charge is 2.22. The molecule has 3 aromatic carbocycles. The number of benzene rings is 3. The monoisotopic (exact) mass is 452 g/mol. The van der Waals surface area contributed by atoms with Gasteiger partial charge < -0.3 is 9.15 Å². The van der Waals surface area contributed by atoms with E-state index in [1.54, 1.807) is 23.0 Å². The van der Waals surface area contributed by atoms with Gasteiger partial charge in [0.05, 0.1) is 5.39 Å². The minimum Gasteiger partial charge on any atom is -0.486 e. The van der Waals surface area contributed by atoms with Crippen molar-refractivity contribution in [2.24, 2.45) is 0 Å². The maximum absolute atomic E-state index is 6.26. The van der Waals surface area contributed by atoms with Gasteiger partial charge in [-0.15, -0.1) is 5.10 Å². The standard InChI is InChI=1S/C26H17ClN4O2/c27-19-11-13-20(14-12-19)32-15-21-29-25-23-22(17-7-3-1-4-8-17)24(18-9-5-2-6-10-18)33-26(23)28-16-31(25)30-21/h1-14,16H,15H2. The van der Waals surface area contributed by atoms with Crippen molar-refractivity contribution in [1.82, 2.24) is 19.6 Å². The van der Waals surface area contributed by atoms with Crippen molar-refractivity contribution < 1.29 is 9.15 Å². The van der Waals surface area contributed by atoms with Crippen molar-refractivity contribution in [2.75, 3.05) is 0 Å². The fourth-order valence-electron chi connectivity index (χ4n) is 3.86. The number of halogens is 1. The van der Waals surface area contributed by atoms with Crippen molar-refractivity contribution >= 4 is 28.3 Å². The summed E-state index contributed by atoms with van der Waals surface area (Å²) in [7, 11) is 0. The van der Waals surface area contributed by atoms with Gasteiger partial charge in [-0.3, -0.25) is 0 Å². The molecule has 0 aliphatic rings. The molecular formula is C26H17ClN4O2. The zero-order chi connectivity index (χ0) is 22.2. The van der Waals surface area contributed by atoms with Gasteiger partial charge in [0.1, 0.15) is 24.4 Å². The summed E-state index contributed by atoms with van der Waals surface area (Å²) in [4.78, 5) is 9.29. The Morgan fingerprint density at radius 1 is 0.848 bits per heavy atom. The first kappa shape index (κ1) is 19.5. The van der Waals surface area contributed by atoms with E-state index in [1.165, 1.54) is 0 Å². The third kappa shape index (κ3) is 3.60. The summed E-state index contributed by atoms with van der Waals surface area (Å²) in [5, 5.41) is 6.03. The van der Waals surface area contributed by atoms with Crippen LogP contribution in [0.5, 0.6) is 5.75 Å². The number of furan rings is 1. The van der Waals surface area contributed by atoms with Crippen LogP contribution in [0.3, 0.4) is 0 Å². The summed E-state index contributed by atoms with van der Waals surface area (Å²) in [5.41, 5.74) is 4.11. The Hall–Kier alpha value is -4.16. The molecule has 6 rings (SSSR count). The van der Waals surface area contributed by atoms with E-state index in [-0.39, 0.29) is 6.61 Å². The van der Waals surface area contributed by atoms with E-state index >= 15 is 0 Å². The van der Waals surface area contributed by atoms with Gasteiger partial charge in [0.15, 0.2) is 11.5 Å². The molecule has 0 bridgehead atoms. The van der Waals surface area contributed by atoms with Crippen LogP contribution in [0.15, 0.2) is 95.7 Å². The third-order valence-electron chi connectivity index (χ3n) is 5.35. The molecule has 0 fully saturated rings. The van der Waals surface area contributed by atoms with E-state index in [1.807, 2.05) is 60.7 Å². The van der Waals surface area contributed by atoms with E-state index in [9.17, 15) is 0 Å². The molecule has 33 heavy (non-hydrogen) atoms. The van der Waals surface area contributed by atoms with E-state index in [4.69, 9.17) is 25.7 Å². The fourth-order valence-corrected chi connectivity index (χ4v) is 3.98. The molecule has 0 saturated carbocycles. The van der Waals surface area contributed by atoms with Gasteiger partial charge >= 0.3 is 0 Å². The van der Waals surface area contributed by atoms with Crippen LogP contribution in [0.4, 0.5) is 0 Å². The molecule has 6 aromatic rings. The molecule has 0 saturated heterocycles. The minimum atomic E-state index is 0.217. The second-order valence-electron chi connectivity index (χ2n) is 7.50. The van der Waals surface area contributed by atoms with Crippen molar-refractivity contribution in [1.29, 1.82) is 0 Å². The van der Waals surface area contributed by atoms with Crippen LogP contribution in [0.25, 0.3) is 39.2 Å². The Morgan fingerprint density at radius 3 is 2.27 bits per heavy atom. The Labute approximate surface area is 194 Å². The average molecular weight is 453 g/mol. The molecule has 0 aliphatic carbocycles. The highest BCUT2D eigenvalue weighted by molar-refractivity contribution is 6.30. The molecule has 0 spiro atoms. The van der Waals surface area contributed by atoms with E-state index in [0.29, 0.717) is 28.0 Å². The molecule has 3 aromatic heterocycles. The highest BCUT2D eigenvalue weighted by Crippen LogP contribution is 2.41. The van der Waals surface area contributed by atoms with Gasteiger partial charge in [-0.25, -0.2) is 14.5 Å². The molecule has 6 nitrogen and oxygen atoms in total. The molecule has 3 heterocycles. The van der Waals surface area contributed by atoms with Crippen LogP contribution < -0.4 is 4.74 Å². The number of aromatic nitrogens is 4. The van der Waals surface area contributed by atoms with Crippen LogP contribution in [-0.4, -0.2) is 19.6 Å². The lowest BCUT2D eigenvalue weighted by Gasteiger charge is -2.03. The SMILES string of the molecule is Clc1ccc(OCc2nc3c4c(-c5ccccc5)c(-c5ccccc5)oc4ncn3n2)cc1. The Kier molecular flexibility index (Phi) is 4.78. The maximum atomic E-state index is 6.26. The Bertz CT molecular complexity index is 1560. The van der Waals surface area contributed by atoms with Gasteiger partial charge in [0.25, 0.3) is 0 Å². The lowest BCUT2D eigenvalue weighted by Crippen LogP contribution is -1.98. The van der Waals surface area contributed by atoms with Crippen LogP contribution in [0, 0.1) is 0 Å². The van der Waals surface area contributed by atoms with Crippen molar-refractivity contribution in [3.8, 4) is 28.2 Å². The number of rotatable bonds is 5. The molecule has 0 radical (unpaired) electrons. The van der Waals surface area contributed by atoms with Crippen LogP contribution in [-0.2, 0) is 6.61 Å². The molecule has 0 unspecified atom stereocenters. The summed E-state index contributed by atoms with van der Waals surface area (Å²) in [6.45, 7) is 0.217. The van der Waals surface area contributed by atoms with Crippen LogP contribution >= 0.6 is 11.6 Å². The number of fused-ring (bicyclic) bond motifs is 3. The zero-order valence-electron chi connectivity index (χ0n) is 17.4.